The van der Waals surface area contributed by atoms with E-state index < -0.39 is 10.0 Å². The van der Waals surface area contributed by atoms with E-state index in [1.165, 1.54) is 16.4 Å². The van der Waals surface area contributed by atoms with Crippen molar-refractivity contribution < 1.29 is 17.9 Å². The highest BCUT2D eigenvalue weighted by Gasteiger charge is 2.34. The Kier molecular flexibility index (Phi) is 7.58. The number of nitrogens with zero attached hydrogens (tertiary/aromatic N) is 3. The fourth-order valence-corrected chi connectivity index (χ4v) is 6.06. The van der Waals surface area contributed by atoms with E-state index in [0.29, 0.717) is 31.0 Å². The van der Waals surface area contributed by atoms with Gasteiger partial charge in [0.2, 0.25) is 15.9 Å². The van der Waals surface area contributed by atoms with Crippen molar-refractivity contribution in [3.05, 3.63) is 59.1 Å². The molecule has 7 nitrogen and oxygen atoms in total. The number of halogens is 1. The van der Waals surface area contributed by atoms with Crippen molar-refractivity contribution in [3.63, 3.8) is 0 Å². The van der Waals surface area contributed by atoms with Crippen LogP contribution in [0.1, 0.15) is 18.4 Å². The smallest absolute Gasteiger partial charge is 0.243 e. The molecule has 4 rings (SSSR count). The van der Waals surface area contributed by atoms with Gasteiger partial charge in [-0.1, -0.05) is 23.7 Å². The van der Waals surface area contributed by atoms with Crippen LogP contribution in [0.25, 0.3) is 0 Å². The Morgan fingerprint density at radius 1 is 1.06 bits per heavy atom. The predicted molar refractivity (Wildman–Crippen MR) is 129 cm³/mol. The van der Waals surface area contributed by atoms with E-state index >= 15 is 0 Å². The molecule has 2 aliphatic rings. The van der Waals surface area contributed by atoms with Crippen LogP contribution >= 0.6 is 11.6 Å². The largest absolute Gasteiger partial charge is 0.378 e. The number of piperidine rings is 1. The molecule has 1 atom stereocenters. The van der Waals surface area contributed by atoms with Crippen LogP contribution in [0.5, 0.6) is 0 Å². The first-order chi connectivity index (χ1) is 15.8. The van der Waals surface area contributed by atoms with Crippen molar-refractivity contribution in [2.45, 2.75) is 24.3 Å². The third-order valence-electron chi connectivity index (χ3n) is 6.29. The number of sulfonamides is 1. The van der Waals surface area contributed by atoms with E-state index in [9.17, 15) is 13.2 Å². The number of carbonyl (C=O) groups excluding carboxylic acids is 1. The fourth-order valence-electron chi connectivity index (χ4n) is 4.42. The van der Waals surface area contributed by atoms with Gasteiger partial charge in [0.15, 0.2) is 0 Å². The number of benzene rings is 2. The molecule has 0 aromatic heterocycles. The van der Waals surface area contributed by atoms with Crippen LogP contribution in [0.4, 0.5) is 5.69 Å². The number of hydrogen-bond donors (Lipinski definition) is 0. The van der Waals surface area contributed by atoms with Crippen LogP contribution in [0, 0.1) is 5.92 Å². The van der Waals surface area contributed by atoms with Gasteiger partial charge in [-0.2, -0.15) is 4.31 Å². The molecule has 2 aromatic carbocycles. The van der Waals surface area contributed by atoms with Crippen LogP contribution in [0.3, 0.4) is 0 Å². The average molecular weight is 492 g/mol. The third kappa shape index (κ3) is 5.69. The molecule has 1 amide bonds. The van der Waals surface area contributed by atoms with Gasteiger partial charge in [0.25, 0.3) is 0 Å². The lowest BCUT2D eigenvalue weighted by Crippen LogP contribution is -2.45. The maximum atomic E-state index is 13.1. The van der Waals surface area contributed by atoms with Gasteiger partial charge < -0.3 is 14.5 Å². The molecule has 2 fully saturated rings. The molecule has 0 bridgehead atoms. The summed E-state index contributed by atoms with van der Waals surface area (Å²) < 4.78 is 32.9. The number of morpholine rings is 1. The minimum atomic E-state index is -3.65. The maximum Gasteiger partial charge on any atom is 0.243 e. The predicted octanol–water partition coefficient (Wildman–Crippen LogP) is 3.24. The number of carbonyl (C=O) groups is 1. The van der Waals surface area contributed by atoms with E-state index in [1.54, 1.807) is 24.1 Å². The summed E-state index contributed by atoms with van der Waals surface area (Å²) in [7, 11) is -1.87. The summed E-state index contributed by atoms with van der Waals surface area (Å²) in [6.45, 7) is 4.36. The van der Waals surface area contributed by atoms with Gasteiger partial charge in [-0.3, -0.25) is 4.79 Å². The molecule has 2 heterocycles. The molecule has 0 radical (unpaired) electrons. The van der Waals surface area contributed by atoms with Crippen LogP contribution in [0.2, 0.25) is 5.02 Å². The van der Waals surface area contributed by atoms with Crippen LogP contribution < -0.4 is 4.90 Å². The average Bonchev–Trinajstić information content (AvgIpc) is 2.85. The van der Waals surface area contributed by atoms with E-state index in [2.05, 4.69) is 17.0 Å². The second-order valence-corrected chi connectivity index (χ2v) is 11.0. The molecule has 2 aliphatic heterocycles. The van der Waals surface area contributed by atoms with Crippen LogP contribution in [-0.4, -0.2) is 70.0 Å². The van der Waals surface area contributed by atoms with E-state index in [4.69, 9.17) is 16.3 Å². The summed E-state index contributed by atoms with van der Waals surface area (Å²) in [5, 5.41) is 0.486. The minimum absolute atomic E-state index is 0.0248. The van der Waals surface area contributed by atoms with Gasteiger partial charge in [-0.25, -0.2) is 8.42 Å². The molecule has 178 valence electrons. The van der Waals surface area contributed by atoms with Gasteiger partial charge >= 0.3 is 0 Å². The Morgan fingerprint density at radius 2 is 1.73 bits per heavy atom. The standard InChI is InChI=1S/C24H30ClN3O4S/c1-26(17-19-4-8-22(9-5-19)27-13-15-32-16-14-27)24(29)20-3-2-12-28(18-20)33(30,31)23-10-6-21(25)7-11-23/h4-11,20H,2-3,12-18H2,1H3. The molecule has 1 unspecified atom stereocenters. The molecular formula is C24H30ClN3O4S. The lowest BCUT2D eigenvalue weighted by atomic mass is 9.98. The van der Waals surface area contributed by atoms with Gasteiger partial charge in [-0.15, -0.1) is 0 Å². The zero-order valence-electron chi connectivity index (χ0n) is 18.8. The van der Waals surface area contributed by atoms with Gasteiger partial charge in [-0.05, 0) is 54.8 Å². The first kappa shape index (κ1) is 24.0. The second kappa shape index (κ2) is 10.4. The van der Waals surface area contributed by atoms with Crippen LogP contribution in [-0.2, 0) is 26.1 Å². The van der Waals surface area contributed by atoms with Crippen molar-refractivity contribution in [2.75, 3.05) is 51.3 Å². The topological polar surface area (TPSA) is 70.2 Å². The Hall–Kier alpha value is -2.13. The molecule has 0 spiro atoms. The normalized spacial score (nSPS) is 19.9. The Bertz CT molecular complexity index is 1050. The lowest BCUT2D eigenvalue weighted by Gasteiger charge is -2.33. The summed E-state index contributed by atoms with van der Waals surface area (Å²) in [6, 6.07) is 14.4. The molecule has 0 aliphatic carbocycles. The molecule has 0 saturated carbocycles. The zero-order chi connectivity index (χ0) is 23.4. The minimum Gasteiger partial charge on any atom is -0.378 e. The van der Waals surface area contributed by atoms with Crippen molar-refractivity contribution in [3.8, 4) is 0 Å². The Morgan fingerprint density at radius 3 is 2.39 bits per heavy atom. The first-order valence-corrected chi connectivity index (χ1v) is 13.1. The summed E-state index contributed by atoms with van der Waals surface area (Å²) in [5.41, 5.74) is 2.20. The fraction of sp³-hybridized carbons (Fsp3) is 0.458. The van der Waals surface area contributed by atoms with E-state index in [-0.39, 0.29) is 23.3 Å². The maximum absolute atomic E-state index is 13.1. The van der Waals surface area contributed by atoms with Crippen molar-refractivity contribution in [1.29, 1.82) is 0 Å². The zero-order valence-corrected chi connectivity index (χ0v) is 20.4. The molecular weight excluding hydrogens is 462 g/mol. The quantitative estimate of drug-likeness (QED) is 0.620. The summed E-state index contributed by atoms with van der Waals surface area (Å²) in [4.78, 5) is 17.3. The number of anilines is 1. The molecule has 2 saturated heterocycles. The summed E-state index contributed by atoms with van der Waals surface area (Å²) in [6.07, 6.45) is 1.34. The SMILES string of the molecule is CN(Cc1ccc(N2CCOCC2)cc1)C(=O)C1CCCN(S(=O)(=O)c2ccc(Cl)cc2)C1. The second-order valence-electron chi connectivity index (χ2n) is 8.62. The number of hydrogen-bond acceptors (Lipinski definition) is 5. The molecule has 9 heteroatoms. The highest BCUT2D eigenvalue weighted by molar-refractivity contribution is 7.89. The molecule has 2 aromatic rings. The Labute approximate surface area is 200 Å². The number of ether oxygens (including phenoxy) is 1. The van der Waals surface area contributed by atoms with Gasteiger partial charge in [0.1, 0.15) is 0 Å². The van der Waals surface area contributed by atoms with Crippen molar-refractivity contribution >= 4 is 33.2 Å². The summed E-state index contributed by atoms with van der Waals surface area (Å²) in [5.74, 6) is -0.373. The van der Waals surface area contributed by atoms with Gasteiger partial charge in [0, 0.05) is 50.5 Å². The van der Waals surface area contributed by atoms with E-state index in [1.807, 2.05) is 12.1 Å². The highest BCUT2D eigenvalue weighted by Crippen LogP contribution is 2.26. The van der Waals surface area contributed by atoms with Crippen molar-refractivity contribution in [2.24, 2.45) is 5.92 Å². The molecule has 0 N–H and O–H groups in total. The number of rotatable bonds is 6. The summed E-state index contributed by atoms with van der Waals surface area (Å²) >= 11 is 5.90. The first-order valence-electron chi connectivity index (χ1n) is 11.3. The van der Waals surface area contributed by atoms with Crippen molar-refractivity contribution in [1.82, 2.24) is 9.21 Å². The van der Waals surface area contributed by atoms with E-state index in [0.717, 1.165) is 37.6 Å². The number of amides is 1. The van der Waals surface area contributed by atoms with Gasteiger partial charge in [0.05, 0.1) is 24.0 Å². The highest BCUT2D eigenvalue weighted by atomic mass is 35.5. The third-order valence-corrected chi connectivity index (χ3v) is 8.42. The van der Waals surface area contributed by atoms with Crippen LogP contribution in [0.15, 0.2) is 53.4 Å². The Balaban J connectivity index is 1.37. The monoisotopic (exact) mass is 491 g/mol. The lowest BCUT2D eigenvalue weighted by molar-refractivity contribution is -0.135. The molecule has 33 heavy (non-hydrogen) atoms.